The molecule has 202 valence electrons. The van der Waals surface area contributed by atoms with E-state index in [1.165, 1.54) is 17.0 Å². The Balaban J connectivity index is 1.28. The lowest BCUT2D eigenvalue weighted by atomic mass is 9.88. The zero-order valence-corrected chi connectivity index (χ0v) is 21.5. The molecule has 2 saturated heterocycles. The van der Waals surface area contributed by atoms with E-state index < -0.39 is 28.8 Å². The minimum atomic E-state index is -4.51. The number of rotatable bonds is 6. The molecule has 6 rings (SSSR count). The topological polar surface area (TPSA) is 66.0 Å². The molecule has 1 aromatic heterocycles. The molecule has 7 nitrogen and oxygen atoms in total. The highest BCUT2D eigenvalue weighted by atomic mass is 35.5. The summed E-state index contributed by atoms with van der Waals surface area (Å²) in [4.78, 5) is 37.1. The zero-order valence-electron chi connectivity index (χ0n) is 20.7. The second-order valence-electron chi connectivity index (χ2n) is 10.1. The lowest BCUT2D eigenvalue weighted by Gasteiger charge is -2.55. The minimum Gasteiger partial charge on any atom is -0.458 e. The number of nitrogens with zero attached hydrogens (tertiary/aromatic N) is 4. The number of pyridine rings is 1. The fourth-order valence-corrected chi connectivity index (χ4v) is 5.31. The number of anilines is 1. The number of alkyl halides is 3. The number of halogens is 4. The standard InChI is InChI=1S/C28H24ClF3N4O3/c29-21-8-4-19(5-9-21)26(12-13-26)24(37)36-16-14-27(36,39-22-10-6-20(7-11-22)28(30,31)32)25(38)35-17-34(18-35)23-3-1-2-15-33-23/h1-11,15H,12-14,16-18H2. The van der Waals surface area contributed by atoms with Gasteiger partial charge in [-0.1, -0.05) is 29.8 Å². The molecule has 0 bridgehead atoms. The van der Waals surface area contributed by atoms with Gasteiger partial charge in [-0.05, 0) is 66.9 Å². The summed E-state index contributed by atoms with van der Waals surface area (Å²) in [6.07, 6.45) is -1.39. The Kier molecular flexibility index (Phi) is 5.98. The van der Waals surface area contributed by atoms with Crippen molar-refractivity contribution >= 4 is 29.2 Å². The second kappa shape index (κ2) is 9.15. The predicted molar refractivity (Wildman–Crippen MR) is 137 cm³/mol. The Morgan fingerprint density at radius 3 is 2.13 bits per heavy atom. The molecule has 3 aromatic rings. The molecule has 1 atom stereocenters. The van der Waals surface area contributed by atoms with E-state index in [4.69, 9.17) is 16.3 Å². The summed E-state index contributed by atoms with van der Waals surface area (Å²) in [5.74, 6) is 0.132. The van der Waals surface area contributed by atoms with Crippen LogP contribution in [0.3, 0.4) is 0 Å². The summed E-state index contributed by atoms with van der Waals surface area (Å²) in [6.45, 7) is 0.787. The van der Waals surface area contributed by atoms with E-state index in [0.717, 1.165) is 17.7 Å². The normalized spacial score (nSPS) is 21.6. The van der Waals surface area contributed by atoms with E-state index in [0.29, 0.717) is 30.2 Å². The Morgan fingerprint density at radius 1 is 0.897 bits per heavy atom. The van der Waals surface area contributed by atoms with E-state index in [1.807, 2.05) is 29.2 Å². The van der Waals surface area contributed by atoms with E-state index in [1.54, 1.807) is 29.3 Å². The van der Waals surface area contributed by atoms with Crippen LogP contribution in [-0.4, -0.2) is 52.2 Å². The van der Waals surface area contributed by atoms with Crippen LogP contribution in [0.5, 0.6) is 5.75 Å². The number of hydrogen-bond acceptors (Lipinski definition) is 5. The average Bonchev–Trinajstić information content (AvgIpc) is 3.69. The van der Waals surface area contributed by atoms with E-state index >= 15 is 0 Å². The smallest absolute Gasteiger partial charge is 0.416 e. The first-order valence-electron chi connectivity index (χ1n) is 12.5. The molecule has 1 aliphatic carbocycles. The van der Waals surface area contributed by atoms with Crippen molar-refractivity contribution in [2.75, 3.05) is 24.8 Å². The van der Waals surface area contributed by atoms with E-state index in [-0.39, 0.29) is 31.4 Å². The van der Waals surface area contributed by atoms with Crippen molar-refractivity contribution in [3.63, 3.8) is 0 Å². The van der Waals surface area contributed by atoms with Gasteiger partial charge in [0.05, 0.1) is 24.3 Å². The summed E-state index contributed by atoms with van der Waals surface area (Å²) in [7, 11) is 0. The van der Waals surface area contributed by atoms with Crippen molar-refractivity contribution in [3.8, 4) is 5.75 Å². The van der Waals surface area contributed by atoms with Crippen molar-refractivity contribution in [2.45, 2.75) is 36.6 Å². The van der Waals surface area contributed by atoms with Gasteiger partial charge in [0.25, 0.3) is 11.6 Å². The molecule has 0 spiro atoms. The van der Waals surface area contributed by atoms with Gasteiger partial charge in [0.2, 0.25) is 5.91 Å². The van der Waals surface area contributed by atoms with Crippen LogP contribution in [0, 0.1) is 0 Å². The number of benzene rings is 2. The van der Waals surface area contributed by atoms with Crippen LogP contribution in [0.1, 0.15) is 30.4 Å². The quantitative estimate of drug-likeness (QED) is 0.425. The van der Waals surface area contributed by atoms with Crippen molar-refractivity contribution in [2.24, 2.45) is 0 Å². The van der Waals surface area contributed by atoms with Gasteiger partial charge in [0.15, 0.2) is 0 Å². The van der Waals surface area contributed by atoms with Gasteiger partial charge in [-0.15, -0.1) is 0 Å². The van der Waals surface area contributed by atoms with Crippen LogP contribution in [0.25, 0.3) is 0 Å². The Labute approximate surface area is 227 Å². The number of hydrogen-bond donors (Lipinski definition) is 0. The monoisotopic (exact) mass is 556 g/mol. The average molecular weight is 557 g/mol. The molecular formula is C28H24ClF3N4O3. The van der Waals surface area contributed by atoms with Gasteiger partial charge >= 0.3 is 6.18 Å². The SMILES string of the molecule is O=C(N1CCC1(Oc1ccc(C(F)(F)F)cc1)C(=O)N1CN(c2ccccn2)C1)C1(c2ccc(Cl)cc2)CC1. The molecule has 3 heterocycles. The molecule has 0 N–H and O–H groups in total. The Bertz CT molecular complexity index is 1390. The Morgan fingerprint density at radius 2 is 1.59 bits per heavy atom. The second-order valence-corrected chi connectivity index (χ2v) is 10.5. The molecule has 3 fully saturated rings. The fourth-order valence-electron chi connectivity index (χ4n) is 5.18. The van der Waals surface area contributed by atoms with Gasteiger partial charge in [0, 0.05) is 24.2 Å². The highest BCUT2D eigenvalue weighted by Crippen LogP contribution is 2.52. The lowest BCUT2D eigenvalue weighted by molar-refractivity contribution is -0.203. The van der Waals surface area contributed by atoms with Gasteiger partial charge in [0.1, 0.15) is 11.6 Å². The van der Waals surface area contributed by atoms with Crippen LogP contribution in [0.2, 0.25) is 5.02 Å². The first-order valence-corrected chi connectivity index (χ1v) is 12.9. The molecular weight excluding hydrogens is 533 g/mol. The van der Waals surface area contributed by atoms with Gasteiger partial charge in [-0.2, -0.15) is 13.2 Å². The molecule has 3 aliphatic rings. The molecule has 1 saturated carbocycles. The summed E-state index contributed by atoms with van der Waals surface area (Å²) >= 11 is 6.05. The van der Waals surface area contributed by atoms with Crippen LogP contribution < -0.4 is 9.64 Å². The maximum atomic E-state index is 14.0. The number of amides is 2. The number of likely N-dealkylation sites (tertiary alicyclic amines) is 1. The number of aromatic nitrogens is 1. The molecule has 2 aliphatic heterocycles. The zero-order chi connectivity index (χ0) is 27.4. The third-order valence-corrected chi connectivity index (χ3v) is 7.91. The first kappa shape index (κ1) is 25.5. The van der Waals surface area contributed by atoms with Crippen LogP contribution in [-0.2, 0) is 21.2 Å². The van der Waals surface area contributed by atoms with Crippen molar-refractivity contribution < 1.29 is 27.5 Å². The molecule has 0 radical (unpaired) electrons. The molecule has 11 heteroatoms. The molecule has 2 aromatic carbocycles. The number of carbonyl (C=O) groups excluding carboxylic acids is 2. The maximum Gasteiger partial charge on any atom is 0.416 e. The summed E-state index contributed by atoms with van der Waals surface area (Å²) in [6, 6.07) is 16.7. The molecule has 2 amide bonds. The first-order chi connectivity index (χ1) is 18.6. The Hall–Kier alpha value is -3.79. The fraction of sp³-hybridized carbons (Fsp3) is 0.321. The minimum absolute atomic E-state index is 0.0762. The van der Waals surface area contributed by atoms with Crippen LogP contribution in [0.4, 0.5) is 19.0 Å². The van der Waals surface area contributed by atoms with Crippen molar-refractivity contribution in [3.05, 3.63) is 89.1 Å². The number of carbonyl (C=O) groups is 2. The third-order valence-electron chi connectivity index (χ3n) is 7.66. The van der Waals surface area contributed by atoms with Gasteiger partial charge < -0.3 is 14.5 Å². The van der Waals surface area contributed by atoms with E-state index in [9.17, 15) is 22.8 Å². The summed E-state index contributed by atoms with van der Waals surface area (Å²) < 4.78 is 45.5. The number of ether oxygens (including phenoxy) is 1. The molecule has 39 heavy (non-hydrogen) atoms. The van der Waals surface area contributed by atoms with Gasteiger partial charge in [-0.25, -0.2) is 4.98 Å². The third kappa shape index (κ3) is 4.36. The van der Waals surface area contributed by atoms with E-state index in [2.05, 4.69) is 4.98 Å². The lowest BCUT2D eigenvalue weighted by Crippen LogP contribution is -2.76. The maximum absolute atomic E-state index is 14.0. The molecule has 1 unspecified atom stereocenters. The van der Waals surface area contributed by atoms with Crippen molar-refractivity contribution in [1.82, 2.24) is 14.8 Å². The summed E-state index contributed by atoms with van der Waals surface area (Å²) in [5, 5.41) is 0.552. The largest absolute Gasteiger partial charge is 0.458 e. The summed E-state index contributed by atoms with van der Waals surface area (Å²) in [5.41, 5.74) is -2.46. The predicted octanol–water partition coefficient (Wildman–Crippen LogP) is 5.06. The van der Waals surface area contributed by atoms with Gasteiger partial charge in [-0.3, -0.25) is 14.5 Å². The highest BCUT2D eigenvalue weighted by molar-refractivity contribution is 6.30. The van der Waals surface area contributed by atoms with Crippen LogP contribution >= 0.6 is 11.6 Å². The van der Waals surface area contributed by atoms with Crippen LogP contribution in [0.15, 0.2) is 72.9 Å². The van der Waals surface area contributed by atoms with Crippen molar-refractivity contribution in [1.29, 1.82) is 0 Å². The highest BCUT2D eigenvalue weighted by Gasteiger charge is 2.64.